The lowest BCUT2D eigenvalue weighted by atomic mass is 10.1. The Labute approximate surface area is 188 Å². The van der Waals surface area contributed by atoms with E-state index in [1.165, 1.54) is 17.4 Å². The Kier molecular flexibility index (Phi) is 6.10. The van der Waals surface area contributed by atoms with Gasteiger partial charge in [-0.3, -0.25) is 4.79 Å². The number of halogens is 3. The first kappa shape index (κ1) is 22.1. The van der Waals surface area contributed by atoms with Crippen LogP contribution in [0.5, 0.6) is 0 Å². The molecule has 0 bridgehead atoms. The highest BCUT2D eigenvalue weighted by atomic mass is 32.1. The number of rotatable bonds is 4. The first-order chi connectivity index (χ1) is 15.2. The van der Waals surface area contributed by atoms with Crippen molar-refractivity contribution >= 4 is 33.8 Å². The van der Waals surface area contributed by atoms with Crippen molar-refractivity contribution in [1.82, 2.24) is 9.88 Å². The Morgan fingerprint density at radius 1 is 1.03 bits per heavy atom. The van der Waals surface area contributed by atoms with Crippen LogP contribution in [-0.4, -0.2) is 49.0 Å². The average molecular weight is 461 g/mol. The molecule has 0 atom stereocenters. The summed E-state index contributed by atoms with van der Waals surface area (Å²) in [6.45, 7) is 3.65. The first-order valence-corrected chi connectivity index (χ1v) is 11.0. The van der Waals surface area contributed by atoms with Crippen LogP contribution < -0.4 is 9.80 Å². The maximum absolute atomic E-state index is 13.1. The lowest BCUT2D eigenvalue weighted by Crippen LogP contribution is -2.48. The summed E-state index contributed by atoms with van der Waals surface area (Å²) in [7, 11) is 1.91. The molecule has 1 amide bonds. The molecule has 4 rings (SSSR count). The number of hydrogen-bond donors (Lipinski definition) is 0. The fraction of sp³-hybridized carbons (Fsp3) is 0.304. The van der Waals surface area contributed by atoms with E-state index in [-0.39, 0.29) is 5.91 Å². The van der Waals surface area contributed by atoms with Crippen molar-refractivity contribution in [2.45, 2.75) is 13.1 Å². The van der Waals surface area contributed by atoms with Crippen molar-refractivity contribution in [2.24, 2.45) is 0 Å². The summed E-state index contributed by atoms with van der Waals surface area (Å²) in [5.74, 6) is -0.0867. The fourth-order valence-electron chi connectivity index (χ4n) is 3.68. The molecule has 1 saturated heterocycles. The Bertz CT molecular complexity index is 1090. The standard InChI is InChI=1S/C23H23F3N4OS/c1-16-20(32-22(27-16)28(2)18-8-4-3-5-9-18)21(31)30-13-11-29(12-14-30)19-10-6-7-17(15-19)23(24,25)26/h3-10,15H,11-14H2,1-2H3. The number of alkyl halides is 3. The van der Waals surface area contributed by atoms with Gasteiger partial charge in [-0.2, -0.15) is 13.2 Å². The van der Waals surface area contributed by atoms with Crippen LogP contribution in [0, 0.1) is 6.92 Å². The third kappa shape index (κ3) is 4.57. The summed E-state index contributed by atoms with van der Waals surface area (Å²) < 4.78 is 39.0. The van der Waals surface area contributed by atoms with Crippen LogP contribution in [0.15, 0.2) is 54.6 Å². The normalized spacial score (nSPS) is 14.5. The molecule has 1 fully saturated rings. The Hall–Kier alpha value is -3.07. The minimum absolute atomic E-state index is 0.0867. The van der Waals surface area contributed by atoms with Crippen molar-refractivity contribution in [3.63, 3.8) is 0 Å². The monoisotopic (exact) mass is 460 g/mol. The lowest BCUT2D eigenvalue weighted by Gasteiger charge is -2.36. The van der Waals surface area contributed by atoms with Crippen molar-refractivity contribution in [3.05, 3.63) is 70.7 Å². The molecule has 0 spiro atoms. The van der Waals surface area contributed by atoms with E-state index < -0.39 is 11.7 Å². The number of thiazole rings is 1. The zero-order chi connectivity index (χ0) is 22.9. The van der Waals surface area contributed by atoms with Crippen LogP contribution in [0.2, 0.25) is 0 Å². The molecule has 0 N–H and O–H groups in total. The largest absolute Gasteiger partial charge is 0.416 e. The van der Waals surface area contributed by atoms with E-state index in [0.717, 1.165) is 23.0 Å². The quantitative estimate of drug-likeness (QED) is 0.537. The summed E-state index contributed by atoms with van der Waals surface area (Å²) in [5, 5.41) is 0.736. The number of piperazine rings is 1. The van der Waals surface area contributed by atoms with Crippen LogP contribution in [0.25, 0.3) is 0 Å². The molecule has 168 valence electrons. The zero-order valence-corrected chi connectivity index (χ0v) is 18.6. The van der Waals surface area contributed by atoms with Gasteiger partial charge < -0.3 is 14.7 Å². The molecule has 0 unspecified atom stereocenters. The second-order valence-corrected chi connectivity index (χ2v) is 8.61. The lowest BCUT2D eigenvalue weighted by molar-refractivity contribution is -0.137. The van der Waals surface area contributed by atoms with E-state index >= 15 is 0 Å². The van der Waals surface area contributed by atoms with Crippen molar-refractivity contribution < 1.29 is 18.0 Å². The number of aromatic nitrogens is 1. The van der Waals surface area contributed by atoms with E-state index in [0.29, 0.717) is 42.4 Å². The highest BCUT2D eigenvalue weighted by Crippen LogP contribution is 2.33. The smallest absolute Gasteiger partial charge is 0.368 e. The summed E-state index contributed by atoms with van der Waals surface area (Å²) in [6.07, 6.45) is -4.37. The first-order valence-electron chi connectivity index (χ1n) is 10.2. The Balaban J connectivity index is 1.44. The molecule has 0 aliphatic carbocycles. The van der Waals surface area contributed by atoms with Gasteiger partial charge in [0.05, 0.1) is 11.3 Å². The van der Waals surface area contributed by atoms with Crippen LogP contribution in [0.4, 0.5) is 29.7 Å². The Morgan fingerprint density at radius 2 is 1.72 bits per heavy atom. The third-order valence-corrected chi connectivity index (χ3v) is 6.74. The zero-order valence-electron chi connectivity index (χ0n) is 17.8. The molecular weight excluding hydrogens is 437 g/mol. The molecule has 5 nitrogen and oxygen atoms in total. The molecule has 32 heavy (non-hydrogen) atoms. The number of anilines is 3. The Morgan fingerprint density at radius 3 is 2.38 bits per heavy atom. The van der Waals surface area contributed by atoms with Gasteiger partial charge in [0.25, 0.3) is 5.91 Å². The number of amides is 1. The molecule has 1 aromatic heterocycles. The second-order valence-electron chi connectivity index (χ2n) is 7.63. The SMILES string of the molecule is Cc1nc(N(C)c2ccccc2)sc1C(=O)N1CCN(c2cccc(C(F)(F)F)c2)CC1. The molecule has 9 heteroatoms. The minimum atomic E-state index is -4.37. The topological polar surface area (TPSA) is 39.7 Å². The van der Waals surface area contributed by atoms with Crippen molar-refractivity contribution in [3.8, 4) is 0 Å². The summed E-state index contributed by atoms with van der Waals surface area (Å²) in [6, 6.07) is 15.1. The van der Waals surface area contributed by atoms with Gasteiger partial charge in [-0.15, -0.1) is 0 Å². The van der Waals surface area contributed by atoms with E-state index in [9.17, 15) is 18.0 Å². The molecule has 1 aliphatic rings. The van der Waals surface area contributed by atoms with Crippen LogP contribution in [0.3, 0.4) is 0 Å². The van der Waals surface area contributed by atoms with Crippen LogP contribution in [-0.2, 0) is 6.18 Å². The van der Waals surface area contributed by atoms with E-state index in [1.54, 1.807) is 11.0 Å². The molecule has 3 aromatic rings. The summed E-state index contributed by atoms with van der Waals surface area (Å²) in [5.41, 5.74) is 1.52. The maximum atomic E-state index is 13.1. The van der Waals surface area contributed by atoms with Crippen molar-refractivity contribution in [1.29, 1.82) is 0 Å². The van der Waals surface area contributed by atoms with Gasteiger partial charge in [-0.1, -0.05) is 35.6 Å². The van der Waals surface area contributed by atoms with E-state index in [1.807, 2.05) is 54.1 Å². The van der Waals surface area contributed by atoms with Gasteiger partial charge in [0.2, 0.25) is 0 Å². The number of para-hydroxylation sites is 1. The molecule has 1 aliphatic heterocycles. The van der Waals surface area contributed by atoms with Crippen molar-refractivity contribution in [2.75, 3.05) is 43.0 Å². The number of aryl methyl sites for hydroxylation is 1. The molecule has 0 saturated carbocycles. The fourth-order valence-corrected chi connectivity index (χ4v) is 4.69. The predicted molar refractivity (Wildman–Crippen MR) is 121 cm³/mol. The average Bonchev–Trinajstić information content (AvgIpc) is 3.20. The number of nitrogens with zero attached hydrogens (tertiary/aromatic N) is 4. The van der Waals surface area contributed by atoms with Crippen LogP contribution >= 0.6 is 11.3 Å². The molecular formula is C23H23F3N4OS. The van der Waals surface area contributed by atoms with Gasteiger partial charge in [-0.05, 0) is 37.3 Å². The van der Waals surface area contributed by atoms with E-state index in [2.05, 4.69) is 4.98 Å². The second kappa shape index (κ2) is 8.82. The van der Waals surface area contributed by atoms with E-state index in [4.69, 9.17) is 0 Å². The van der Waals surface area contributed by atoms with Gasteiger partial charge in [0.1, 0.15) is 4.88 Å². The maximum Gasteiger partial charge on any atom is 0.416 e. The van der Waals surface area contributed by atoms with Gasteiger partial charge >= 0.3 is 6.18 Å². The predicted octanol–water partition coefficient (Wildman–Crippen LogP) is 5.20. The third-order valence-electron chi connectivity index (χ3n) is 5.52. The van der Waals surface area contributed by atoms with Gasteiger partial charge in [0.15, 0.2) is 5.13 Å². The minimum Gasteiger partial charge on any atom is -0.368 e. The molecule has 2 heterocycles. The summed E-state index contributed by atoms with van der Waals surface area (Å²) in [4.78, 5) is 23.9. The number of carbonyl (C=O) groups is 1. The molecule has 0 radical (unpaired) electrons. The van der Waals surface area contributed by atoms with Gasteiger partial charge in [-0.25, -0.2) is 4.98 Å². The summed E-state index contributed by atoms with van der Waals surface area (Å²) >= 11 is 1.35. The number of hydrogen-bond acceptors (Lipinski definition) is 5. The molecule has 2 aromatic carbocycles. The highest BCUT2D eigenvalue weighted by Gasteiger charge is 2.31. The number of carbonyl (C=O) groups excluding carboxylic acids is 1. The van der Waals surface area contributed by atoms with Crippen LogP contribution in [0.1, 0.15) is 20.9 Å². The van der Waals surface area contributed by atoms with Gasteiger partial charge in [0, 0.05) is 44.6 Å². The highest BCUT2D eigenvalue weighted by molar-refractivity contribution is 7.17. The number of benzene rings is 2.